The first-order chi connectivity index (χ1) is 7.27. The molecule has 1 heterocycles. The Bertz CT molecular complexity index is 363. The topological polar surface area (TPSA) is 12.0 Å². The zero-order valence-corrected chi connectivity index (χ0v) is 9.59. The molecule has 0 aliphatic carbocycles. The highest BCUT2D eigenvalue weighted by Gasteiger charge is 2.11. The van der Waals surface area contributed by atoms with Crippen molar-refractivity contribution < 1.29 is 0 Å². The Morgan fingerprint density at radius 1 is 1.27 bits per heavy atom. The third kappa shape index (κ3) is 2.41. The summed E-state index contributed by atoms with van der Waals surface area (Å²) in [6.45, 7) is 5.58. The Kier molecular flexibility index (Phi) is 3.10. The monoisotopic (exact) mass is 201 g/mol. The van der Waals surface area contributed by atoms with Gasteiger partial charge < -0.3 is 5.32 Å². The maximum atomic E-state index is 3.49. The second-order valence-electron chi connectivity index (χ2n) is 4.51. The van der Waals surface area contributed by atoms with Crippen LogP contribution in [0.4, 0.5) is 5.69 Å². The van der Waals surface area contributed by atoms with Gasteiger partial charge in [0.25, 0.3) is 0 Å². The van der Waals surface area contributed by atoms with E-state index in [0.29, 0.717) is 5.92 Å². The minimum atomic E-state index is 0.631. The molecule has 1 heteroatoms. The van der Waals surface area contributed by atoms with Crippen molar-refractivity contribution in [2.45, 2.75) is 26.7 Å². The zero-order valence-electron chi connectivity index (χ0n) is 9.59. The summed E-state index contributed by atoms with van der Waals surface area (Å²) >= 11 is 0. The van der Waals surface area contributed by atoms with Crippen molar-refractivity contribution in [1.82, 2.24) is 0 Å². The Labute approximate surface area is 92.2 Å². The number of rotatable bonds is 1. The average Bonchev–Trinajstić information content (AvgIpc) is 2.41. The van der Waals surface area contributed by atoms with Crippen LogP contribution in [0.25, 0.3) is 5.57 Å². The van der Waals surface area contributed by atoms with Gasteiger partial charge in [-0.25, -0.2) is 0 Å². The summed E-state index contributed by atoms with van der Waals surface area (Å²) in [5, 5.41) is 3.49. The lowest BCUT2D eigenvalue weighted by molar-refractivity contribution is 0.823. The van der Waals surface area contributed by atoms with Crippen molar-refractivity contribution in [1.29, 1.82) is 0 Å². The predicted octanol–water partition coefficient (Wildman–Crippen LogP) is 3.93. The summed E-state index contributed by atoms with van der Waals surface area (Å²) in [6, 6.07) is 8.63. The molecule has 0 fully saturated rings. The smallest absolute Gasteiger partial charge is 0.0416 e. The maximum absolute atomic E-state index is 3.49. The molecule has 0 radical (unpaired) electrons. The number of fused-ring (bicyclic) bond motifs is 1. The fraction of sp³-hybridized carbons (Fsp3) is 0.429. The first kappa shape index (κ1) is 10.3. The molecule has 0 amide bonds. The molecule has 1 aliphatic heterocycles. The summed E-state index contributed by atoms with van der Waals surface area (Å²) in [5.74, 6) is 0.631. The maximum Gasteiger partial charge on any atom is 0.0416 e. The molecule has 1 N–H and O–H groups in total. The number of allylic oxidation sites excluding steroid dienone is 2. The molecule has 0 saturated heterocycles. The minimum Gasteiger partial charge on any atom is -0.385 e. The lowest BCUT2D eigenvalue weighted by atomic mass is 9.97. The van der Waals surface area contributed by atoms with Crippen molar-refractivity contribution in [3.05, 3.63) is 35.9 Å². The van der Waals surface area contributed by atoms with Gasteiger partial charge in [-0.2, -0.15) is 0 Å². The molecule has 1 aromatic carbocycles. The van der Waals surface area contributed by atoms with E-state index in [-0.39, 0.29) is 0 Å². The van der Waals surface area contributed by atoms with Gasteiger partial charge in [-0.15, -0.1) is 0 Å². The van der Waals surface area contributed by atoms with Crippen molar-refractivity contribution in [3.8, 4) is 0 Å². The highest BCUT2D eigenvalue weighted by Crippen LogP contribution is 2.30. The van der Waals surface area contributed by atoms with Crippen LogP contribution >= 0.6 is 0 Å². The van der Waals surface area contributed by atoms with Crippen LogP contribution in [0.15, 0.2) is 30.3 Å². The predicted molar refractivity (Wildman–Crippen MR) is 67.0 cm³/mol. The number of hydrogen-bond acceptors (Lipinski definition) is 1. The number of nitrogens with one attached hydrogen (secondary N) is 1. The summed E-state index contributed by atoms with van der Waals surface area (Å²) in [4.78, 5) is 0. The van der Waals surface area contributed by atoms with E-state index < -0.39 is 0 Å². The normalized spacial score (nSPS) is 18.5. The van der Waals surface area contributed by atoms with Crippen LogP contribution < -0.4 is 5.32 Å². The van der Waals surface area contributed by atoms with Crippen LogP contribution in [0.5, 0.6) is 0 Å². The van der Waals surface area contributed by atoms with E-state index in [1.54, 1.807) is 0 Å². The molecule has 2 rings (SSSR count). The Hall–Kier alpha value is -1.24. The fourth-order valence-electron chi connectivity index (χ4n) is 2.13. The molecule has 1 nitrogen and oxygen atoms in total. The van der Waals surface area contributed by atoms with E-state index in [1.165, 1.54) is 29.7 Å². The van der Waals surface area contributed by atoms with E-state index in [4.69, 9.17) is 0 Å². The summed E-state index contributed by atoms with van der Waals surface area (Å²) in [6.07, 6.45) is 4.82. The zero-order chi connectivity index (χ0) is 10.7. The largest absolute Gasteiger partial charge is 0.385 e. The van der Waals surface area contributed by atoms with Gasteiger partial charge in [0.1, 0.15) is 0 Å². The van der Waals surface area contributed by atoms with Gasteiger partial charge in [0.2, 0.25) is 0 Å². The van der Waals surface area contributed by atoms with Crippen molar-refractivity contribution >= 4 is 11.3 Å². The quantitative estimate of drug-likeness (QED) is 0.726. The summed E-state index contributed by atoms with van der Waals surface area (Å²) in [5.41, 5.74) is 4.19. The number of hydrogen-bond donors (Lipinski definition) is 1. The van der Waals surface area contributed by atoms with Crippen molar-refractivity contribution in [2.75, 3.05) is 11.9 Å². The molecule has 0 atom stereocenters. The second-order valence-corrected chi connectivity index (χ2v) is 4.51. The van der Waals surface area contributed by atoms with Gasteiger partial charge in [-0.1, -0.05) is 38.1 Å². The lowest BCUT2D eigenvalue weighted by Gasteiger charge is -2.10. The van der Waals surface area contributed by atoms with Crippen molar-refractivity contribution in [2.24, 2.45) is 5.92 Å². The first-order valence-electron chi connectivity index (χ1n) is 5.81. The number of anilines is 1. The molecule has 0 aromatic heterocycles. The van der Waals surface area contributed by atoms with Gasteiger partial charge in [0.05, 0.1) is 0 Å². The van der Waals surface area contributed by atoms with E-state index in [0.717, 1.165) is 6.54 Å². The molecule has 1 aliphatic rings. The molecule has 0 unspecified atom stereocenters. The molecular weight excluding hydrogens is 182 g/mol. The highest BCUT2D eigenvalue weighted by molar-refractivity contribution is 5.77. The van der Waals surface area contributed by atoms with Crippen LogP contribution in [0.1, 0.15) is 32.3 Å². The van der Waals surface area contributed by atoms with Crippen LogP contribution in [-0.2, 0) is 0 Å². The van der Waals surface area contributed by atoms with Gasteiger partial charge in [0.15, 0.2) is 0 Å². The molecule has 0 saturated carbocycles. The van der Waals surface area contributed by atoms with Crippen LogP contribution in [0.2, 0.25) is 0 Å². The van der Waals surface area contributed by atoms with Crippen LogP contribution in [0.3, 0.4) is 0 Å². The average molecular weight is 201 g/mol. The third-order valence-electron chi connectivity index (χ3n) is 2.75. The molecule has 0 spiro atoms. The van der Waals surface area contributed by atoms with E-state index in [2.05, 4.69) is 49.5 Å². The summed E-state index contributed by atoms with van der Waals surface area (Å²) in [7, 11) is 0. The Morgan fingerprint density at radius 3 is 2.87 bits per heavy atom. The van der Waals surface area contributed by atoms with Crippen LogP contribution in [0, 0.1) is 5.92 Å². The van der Waals surface area contributed by atoms with E-state index >= 15 is 0 Å². The fourth-order valence-corrected chi connectivity index (χ4v) is 2.13. The van der Waals surface area contributed by atoms with Crippen LogP contribution in [-0.4, -0.2) is 6.54 Å². The second kappa shape index (κ2) is 4.52. The molecule has 15 heavy (non-hydrogen) atoms. The molecule has 80 valence electrons. The number of para-hydroxylation sites is 1. The van der Waals surface area contributed by atoms with Gasteiger partial charge in [-0.3, -0.25) is 0 Å². The van der Waals surface area contributed by atoms with Gasteiger partial charge in [-0.05, 0) is 30.4 Å². The van der Waals surface area contributed by atoms with E-state index in [1.807, 2.05) is 0 Å². The highest BCUT2D eigenvalue weighted by atomic mass is 14.9. The minimum absolute atomic E-state index is 0.631. The lowest BCUT2D eigenvalue weighted by Crippen LogP contribution is -1.98. The molecular formula is C14H19N. The number of benzene rings is 1. The summed E-state index contributed by atoms with van der Waals surface area (Å²) < 4.78 is 0. The SMILES string of the molecule is CC(C)/C=C1/CCCNc2ccccc21. The van der Waals surface area contributed by atoms with Gasteiger partial charge in [0, 0.05) is 17.8 Å². The molecule has 0 bridgehead atoms. The standard InChI is InChI=1S/C14H19N/c1-11(2)10-12-6-5-9-15-14-8-4-3-7-13(12)14/h3-4,7-8,10-11,15H,5-6,9H2,1-2H3/b12-10-. The Balaban J connectivity index is 2.41. The Morgan fingerprint density at radius 2 is 2.07 bits per heavy atom. The third-order valence-corrected chi connectivity index (χ3v) is 2.75. The van der Waals surface area contributed by atoms with E-state index in [9.17, 15) is 0 Å². The van der Waals surface area contributed by atoms with Gasteiger partial charge >= 0.3 is 0 Å². The molecule has 1 aromatic rings. The first-order valence-corrected chi connectivity index (χ1v) is 5.81. The van der Waals surface area contributed by atoms with Crippen molar-refractivity contribution in [3.63, 3.8) is 0 Å².